The summed E-state index contributed by atoms with van der Waals surface area (Å²) >= 11 is 6.21. The summed E-state index contributed by atoms with van der Waals surface area (Å²) in [6.07, 6.45) is 3.40. The Kier molecular flexibility index (Phi) is 5.96. The minimum Gasteiger partial charge on any atom is -0.395 e. The normalized spacial score (nSPS) is 13.3. The summed E-state index contributed by atoms with van der Waals surface area (Å²) in [5, 5.41) is 14.8. The number of hydrogen-bond donors (Lipinski definition) is 4. The molecule has 0 saturated carbocycles. The molecular formula is C15H17B2ClN4O2. The number of aliphatic hydroxyl groups excluding tert-OH is 1. The molecule has 0 spiro atoms. The van der Waals surface area contributed by atoms with Gasteiger partial charge in [-0.15, -0.1) is 0 Å². The van der Waals surface area contributed by atoms with Gasteiger partial charge in [-0.25, -0.2) is 4.98 Å². The van der Waals surface area contributed by atoms with E-state index in [-0.39, 0.29) is 25.4 Å². The summed E-state index contributed by atoms with van der Waals surface area (Å²) in [4.78, 5) is 19.0. The van der Waals surface area contributed by atoms with Gasteiger partial charge < -0.3 is 20.7 Å². The molecule has 4 N–H and O–H groups in total. The van der Waals surface area contributed by atoms with Gasteiger partial charge in [-0.05, 0) is 17.6 Å². The van der Waals surface area contributed by atoms with Crippen molar-refractivity contribution in [3.63, 3.8) is 0 Å². The summed E-state index contributed by atoms with van der Waals surface area (Å²) in [6.45, 7) is 1.82. The molecule has 24 heavy (non-hydrogen) atoms. The fraction of sp³-hybridized carbons (Fsp3) is 0.333. The second kappa shape index (κ2) is 7.77. The molecule has 1 atom stereocenters. The Morgan fingerprint density at radius 2 is 2.25 bits per heavy atom. The van der Waals surface area contributed by atoms with Crippen LogP contribution in [0, 0.1) is 0 Å². The molecule has 0 aromatic carbocycles. The molecule has 4 radical (unpaired) electrons. The second-order valence-corrected chi connectivity index (χ2v) is 5.98. The van der Waals surface area contributed by atoms with Gasteiger partial charge in [-0.2, -0.15) is 0 Å². The smallest absolute Gasteiger partial charge is 0.267 e. The van der Waals surface area contributed by atoms with Crippen LogP contribution in [0.15, 0.2) is 24.5 Å². The van der Waals surface area contributed by atoms with Gasteiger partial charge in [0.1, 0.15) is 19.4 Å². The van der Waals surface area contributed by atoms with Crippen molar-refractivity contribution in [2.75, 3.05) is 18.5 Å². The quantitative estimate of drug-likeness (QED) is 0.572. The van der Waals surface area contributed by atoms with Gasteiger partial charge in [0.25, 0.3) is 5.91 Å². The fourth-order valence-electron chi connectivity index (χ4n) is 2.02. The molecule has 1 amide bonds. The van der Waals surface area contributed by atoms with Crippen LogP contribution in [-0.2, 0) is 0 Å². The number of nitrogens with one attached hydrogen (secondary N) is 3. The molecule has 2 aromatic heterocycles. The van der Waals surface area contributed by atoms with Gasteiger partial charge in [-0.3, -0.25) is 4.79 Å². The third kappa shape index (κ3) is 4.55. The lowest BCUT2D eigenvalue weighted by Gasteiger charge is -2.26. The molecule has 2 aromatic rings. The van der Waals surface area contributed by atoms with Crippen LogP contribution in [0.25, 0.3) is 11.1 Å². The summed E-state index contributed by atoms with van der Waals surface area (Å²) < 4.78 is 0. The van der Waals surface area contributed by atoms with Gasteiger partial charge in [0.2, 0.25) is 0 Å². The first kappa shape index (κ1) is 18.4. The van der Waals surface area contributed by atoms with Gasteiger partial charge in [0, 0.05) is 30.1 Å². The molecule has 9 heteroatoms. The van der Waals surface area contributed by atoms with Crippen LogP contribution in [0.1, 0.15) is 17.4 Å². The van der Waals surface area contributed by atoms with Crippen molar-refractivity contribution in [3.8, 4) is 11.1 Å². The Morgan fingerprint density at radius 3 is 2.92 bits per heavy atom. The van der Waals surface area contributed by atoms with Crippen molar-refractivity contribution in [1.82, 2.24) is 15.3 Å². The third-order valence-electron chi connectivity index (χ3n) is 3.33. The lowest BCUT2D eigenvalue weighted by atomic mass is 9.70. The number of carbonyl (C=O) groups is 1. The Bertz CT molecular complexity index is 721. The lowest BCUT2D eigenvalue weighted by molar-refractivity contribution is 0.0940. The van der Waals surface area contributed by atoms with Crippen LogP contribution in [-0.4, -0.2) is 55.3 Å². The van der Waals surface area contributed by atoms with Crippen molar-refractivity contribution in [2.45, 2.75) is 18.7 Å². The van der Waals surface area contributed by atoms with E-state index in [1.807, 2.05) is 0 Å². The van der Waals surface area contributed by atoms with Crippen molar-refractivity contribution < 1.29 is 9.90 Å². The maximum Gasteiger partial charge on any atom is 0.267 e. The largest absolute Gasteiger partial charge is 0.395 e. The standard InChI is InChI=1S/C15H17B2ClN4O2/c1-15(17,8-16)22-13-5-10(11(18)7-21-13)9-4-12(20-6-9)14(24)19-2-3-23/h4-7,20,23H,2-3,8H2,1H3,(H,19,24)(H,21,22). The molecule has 0 aliphatic carbocycles. The van der Waals surface area contributed by atoms with Gasteiger partial charge >= 0.3 is 0 Å². The van der Waals surface area contributed by atoms with Gasteiger partial charge in [-0.1, -0.05) is 24.8 Å². The Hall–Kier alpha value is -1.92. The van der Waals surface area contributed by atoms with E-state index in [4.69, 9.17) is 32.4 Å². The number of rotatable bonds is 7. The summed E-state index contributed by atoms with van der Waals surface area (Å²) in [5.74, 6) is 0.217. The minimum absolute atomic E-state index is 0.122. The van der Waals surface area contributed by atoms with E-state index in [9.17, 15) is 4.79 Å². The van der Waals surface area contributed by atoms with E-state index in [2.05, 4.69) is 20.6 Å². The highest BCUT2D eigenvalue weighted by Crippen LogP contribution is 2.30. The molecule has 0 aliphatic rings. The highest BCUT2D eigenvalue weighted by Gasteiger charge is 2.16. The maximum absolute atomic E-state index is 11.9. The first-order chi connectivity index (χ1) is 11.4. The zero-order valence-electron chi connectivity index (χ0n) is 13.3. The van der Waals surface area contributed by atoms with Gasteiger partial charge in [0.05, 0.1) is 19.5 Å². The molecule has 122 valence electrons. The molecule has 0 saturated heterocycles. The summed E-state index contributed by atoms with van der Waals surface area (Å²) in [7, 11) is 11.6. The van der Waals surface area contributed by atoms with Crippen LogP contribution in [0.3, 0.4) is 0 Å². The first-order valence-electron chi connectivity index (χ1n) is 7.37. The van der Waals surface area contributed by atoms with Crippen LogP contribution in [0.2, 0.25) is 11.3 Å². The zero-order valence-corrected chi connectivity index (χ0v) is 14.0. The molecular weight excluding hydrogens is 325 g/mol. The number of carbonyl (C=O) groups excluding carboxylic acids is 1. The number of aromatic amines is 1. The highest BCUT2D eigenvalue weighted by atomic mass is 35.5. The summed E-state index contributed by atoms with van der Waals surface area (Å²) in [5.41, 5.74) is 0.989. The zero-order chi connectivity index (χ0) is 17.7. The van der Waals surface area contributed by atoms with E-state index in [0.29, 0.717) is 22.1 Å². The molecule has 0 fully saturated rings. The number of H-pyrrole nitrogens is 1. The summed E-state index contributed by atoms with van der Waals surface area (Å²) in [6, 6.07) is 3.41. The molecule has 6 nitrogen and oxygen atoms in total. The number of halogens is 1. The minimum atomic E-state index is -0.800. The molecule has 0 bridgehead atoms. The number of aromatic nitrogens is 2. The number of pyridine rings is 1. The molecule has 2 rings (SSSR count). The maximum atomic E-state index is 11.9. The monoisotopic (exact) mass is 342 g/mol. The topological polar surface area (TPSA) is 90.0 Å². The first-order valence-corrected chi connectivity index (χ1v) is 7.74. The second-order valence-electron chi connectivity index (χ2n) is 5.58. The third-order valence-corrected chi connectivity index (χ3v) is 3.63. The van der Waals surface area contributed by atoms with Crippen LogP contribution >= 0.6 is 11.6 Å². The predicted octanol–water partition coefficient (Wildman–Crippen LogP) is 1.34. The van der Waals surface area contributed by atoms with Crippen LogP contribution in [0.4, 0.5) is 5.82 Å². The van der Waals surface area contributed by atoms with Crippen LogP contribution in [0.5, 0.6) is 0 Å². The fourth-order valence-corrected chi connectivity index (χ4v) is 2.23. The lowest BCUT2D eigenvalue weighted by Crippen LogP contribution is -2.34. The number of nitrogens with zero attached hydrogens (tertiary/aromatic N) is 1. The number of amides is 1. The van der Waals surface area contributed by atoms with E-state index >= 15 is 0 Å². The van der Waals surface area contributed by atoms with E-state index in [1.165, 1.54) is 6.20 Å². The number of aliphatic hydroxyl groups is 1. The van der Waals surface area contributed by atoms with Crippen molar-refractivity contribution in [1.29, 1.82) is 0 Å². The van der Waals surface area contributed by atoms with E-state index in [1.54, 1.807) is 25.3 Å². The van der Waals surface area contributed by atoms with Gasteiger partial charge in [0.15, 0.2) is 0 Å². The molecule has 2 heterocycles. The van der Waals surface area contributed by atoms with E-state index in [0.717, 1.165) is 5.56 Å². The Labute approximate surface area is 148 Å². The average Bonchev–Trinajstić information content (AvgIpc) is 3.04. The predicted molar refractivity (Wildman–Crippen MR) is 96.8 cm³/mol. The number of anilines is 1. The van der Waals surface area contributed by atoms with E-state index < -0.39 is 5.44 Å². The van der Waals surface area contributed by atoms with Crippen molar-refractivity contribution >= 4 is 39.0 Å². The molecule has 1 unspecified atom stereocenters. The Morgan fingerprint density at radius 1 is 1.50 bits per heavy atom. The van der Waals surface area contributed by atoms with Crippen molar-refractivity contribution in [3.05, 3.63) is 35.2 Å². The average molecular weight is 342 g/mol. The number of hydrogen-bond acceptors (Lipinski definition) is 4. The molecule has 0 aliphatic heterocycles. The highest BCUT2D eigenvalue weighted by molar-refractivity contribution is 6.33. The Balaban J connectivity index is 2.25. The van der Waals surface area contributed by atoms with Crippen molar-refractivity contribution in [2.24, 2.45) is 0 Å². The SMILES string of the molecule is [B]CC([B])(C)Nc1cc(-c2c[nH]c(C(=O)NCCO)c2)c(Cl)cn1. The van der Waals surface area contributed by atoms with Crippen LogP contribution < -0.4 is 10.6 Å².